The van der Waals surface area contributed by atoms with E-state index in [1.54, 1.807) is 0 Å². The molecule has 0 amide bonds. The number of hydrogen-bond acceptors (Lipinski definition) is 3. The molecule has 1 aromatic rings. The van der Waals surface area contributed by atoms with Crippen LogP contribution in [0.3, 0.4) is 0 Å². The number of nitrogens with zero attached hydrogens (tertiary/aromatic N) is 1. The van der Waals surface area contributed by atoms with Crippen molar-refractivity contribution in [3.8, 4) is 0 Å². The average molecular weight is 247 g/mol. The molecule has 0 spiro atoms. The molecule has 0 bridgehead atoms. The minimum atomic E-state index is 0.841. The van der Waals surface area contributed by atoms with Crippen molar-refractivity contribution in [3.63, 3.8) is 0 Å². The van der Waals surface area contributed by atoms with Crippen molar-refractivity contribution in [1.82, 2.24) is 4.98 Å². The molecule has 3 heteroatoms. The van der Waals surface area contributed by atoms with Gasteiger partial charge in [0.1, 0.15) is 11.6 Å². The lowest BCUT2D eigenvalue weighted by Gasteiger charge is -2.22. The Bertz CT molecular complexity index is 345. The SMILES string of the molecule is CCCNc1cccc(NCC2CCCCC2)n1. The molecule has 0 atom stereocenters. The van der Waals surface area contributed by atoms with E-state index in [-0.39, 0.29) is 0 Å². The van der Waals surface area contributed by atoms with Gasteiger partial charge >= 0.3 is 0 Å². The maximum atomic E-state index is 4.57. The Morgan fingerprint density at radius 3 is 2.56 bits per heavy atom. The summed E-state index contributed by atoms with van der Waals surface area (Å²) in [6, 6.07) is 6.15. The summed E-state index contributed by atoms with van der Waals surface area (Å²) >= 11 is 0. The fourth-order valence-corrected chi connectivity index (χ4v) is 2.52. The van der Waals surface area contributed by atoms with E-state index in [0.29, 0.717) is 0 Å². The summed E-state index contributed by atoms with van der Waals surface area (Å²) in [4.78, 5) is 4.57. The van der Waals surface area contributed by atoms with Crippen molar-refractivity contribution < 1.29 is 0 Å². The highest BCUT2D eigenvalue weighted by molar-refractivity contribution is 5.45. The fourth-order valence-electron chi connectivity index (χ4n) is 2.52. The molecule has 0 radical (unpaired) electrons. The molecule has 1 aliphatic carbocycles. The fraction of sp³-hybridized carbons (Fsp3) is 0.667. The molecular weight excluding hydrogens is 222 g/mol. The zero-order valence-corrected chi connectivity index (χ0v) is 11.4. The predicted molar refractivity (Wildman–Crippen MR) is 78.1 cm³/mol. The van der Waals surface area contributed by atoms with Gasteiger partial charge in [-0.2, -0.15) is 0 Å². The number of nitrogens with one attached hydrogen (secondary N) is 2. The highest BCUT2D eigenvalue weighted by atomic mass is 15.1. The van der Waals surface area contributed by atoms with Crippen LogP contribution in [0.25, 0.3) is 0 Å². The van der Waals surface area contributed by atoms with Gasteiger partial charge in [-0.05, 0) is 37.3 Å². The van der Waals surface area contributed by atoms with Crippen molar-refractivity contribution in [1.29, 1.82) is 0 Å². The number of anilines is 2. The Labute approximate surface area is 110 Å². The topological polar surface area (TPSA) is 37.0 Å². The number of pyridine rings is 1. The van der Waals surface area contributed by atoms with E-state index < -0.39 is 0 Å². The molecular formula is C15H25N3. The molecule has 1 aromatic heterocycles. The Morgan fingerprint density at radius 2 is 1.83 bits per heavy atom. The van der Waals surface area contributed by atoms with Crippen LogP contribution in [0.1, 0.15) is 45.4 Å². The predicted octanol–water partition coefficient (Wildman–Crippen LogP) is 3.90. The van der Waals surface area contributed by atoms with Crippen LogP contribution in [0.15, 0.2) is 18.2 Å². The maximum absolute atomic E-state index is 4.57. The van der Waals surface area contributed by atoms with Crippen LogP contribution in [0, 0.1) is 5.92 Å². The van der Waals surface area contributed by atoms with Gasteiger partial charge in [0.15, 0.2) is 0 Å². The zero-order chi connectivity index (χ0) is 12.6. The molecule has 3 nitrogen and oxygen atoms in total. The van der Waals surface area contributed by atoms with Gasteiger partial charge in [0, 0.05) is 13.1 Å². The Morgan fingerprint density at radius 1 is 1.11 bits per heavy atom. The van der Waals surface area contributed by atoms with Gasteiger partial charge in [0.2, 0.25) is 0 Å². The first-order chi connectivity index (χ1) is 8.88. The summed E-state index contributed by atoms with van der Waals surface area (Å²) in [5.41, 5.74) is 0. The van der Waals surface area contributed by atoms with E-state index in [1.165, 1.54) is 32.1 Å². The van der Waals surface area contributed by atoms with Crippen LogP contribution >= 0.6 is 0 Å². The minimum Gasteiger partial charge on any atom is -0.370 e. The van der Waals surface area contributed by atoms with Crippen molar-refractivity contribution in [2.75, 3.05) is 23.7 Å². The molecule has 2 rings (SSSR count). The normalized spacial score (nSPS) is 16.5. The van der Waals surface area contributed by atoms with Crippen LogP contribution in [0.2, 0.25) is 0 Å². The monoisotopic (exact) mass is 247 g/mol. The lowest BCUT2D eigenvalue weighted by molar-refractivity contribution is 0.373. The molecule has 1 fully saturated rings. The van der Waals surface area contributed by atoms with Crippen LogP contribution in [-0.2, 0) is 0 Å². The molecule has 1 aliphatic rings. The zero-order valence-electron chi connectivity index (χ0n) is 11.4. The van der Waals surface area contributed by atoms with Gasteiger partial charge in [-0.3, -0.25) is 0 Å². The van der Waals surface area contributed by atoms with E-state index in [2.05, 4.69) is 34.7 Å². The van der Waals surface area contributed by atoms with E-state index in [1.807, 2.05) is 6.07 Å². The number of rotatable bonds is 6. The van der Waals surface area contributed by atoms with Crippen molar-refractivity contribution in [2.45, 2.75) is 45.4 Å². The summed E-state index contributed by atoms with van der Waals surface area (Å²) in [6.45, 7) is 4.22. The van der Waals surface area contributed by atoms with Gasteiger partial charge in [-0.15, -0.1) is 0 Å². The molecule has 0 saturated heterocycles. The second kappa shape index (κ2) is 7.24. The summed E-state index contributed by atoms with van der Waals surface area (Å²) in [6.07, 6.45) is 8.10. The second-order valence-electron chi connectivity index (χ2n) is 5.22. The lowest BCUT2D eigenvalue weighted by Crippen LogP contribution is -2.17. The first-order valence-corrected chi connectivity index (χ1v) is 7.33. The van der Waals surface area contributed by atoms with Gasteiger partial charge in [-0.25, -0.2) is 4.98 Å². The van der Waals surface area contributed by atoms with Gasteiger partial charge in [0.25, 0.3) is 0 Å². The molecule has 0 aromatic carbocycles. The molecule has 2 N–H and O–H groups in total. The Balaban J connectivity index is 1.80. The summed E-state index contributed by atoms with van der Waals surface area (Å²) in [5.74, 6) is 2.82. The molecule has 0 aliphatic heterocycles. The van der Waals surface area contributed by atoms with E-state index in [9.17, 15) is 0 Å². The smallest absolute Gasteiger partial charge is 0.128 e. The largest absolute Gasteiger partial charge is 0.370 e. The van der Waals surface area contributed by atoms with Crippen molar-refractivity contribution in [2.24, 2.45) is 5.92 Å². The van der Waals surface area contributed by atoms with E-state index in [0.717, 1.165) is 37.1 Å². The average Bonchev–Trinajstić information content (AvgIpc) is 2.44. The third kappa shape index (κ3) is 4.21. The lowest BCUT2D eigenvalue weighted by atomic mass is 9.89. The Hall–Kier alpha value is -1.25. The van der Waals surface area contributed by atoms with E-state index >= 15 is 0 Å². The minimum absolute atomic E-state index is 0.841. The molecule has 0 unspecified atom stereocenters. The van der Waals surface area contributed by atoms with Crippen LogP contribution in [0.5, 0.6) is 0 Å². The van der Waals surface area contributed by atoms with E-state index in [4.69, 9.17) is 0 Å². The summed E-state index contributed by atoms with van der Waals surface area (Å²) in [5, 5.41) is 6.80. The summed E-state index contributed by atoms with van der Waals surface area (Å²) in [7, 11) is 0. The van der Waals surface area contributed by atoms with Crippen LogP contribution in [0.4, 0.5) is 11.6 Å². The third-order valence-electron chi connectivity index (χ3n) is 3.60. The van der Waals surface area contributed by atoms with Gasteiger partial charge < -0.3 is 10.6 Å². The van der Waals surface area contributed by atoms with Gasteiger partial charge in [-0.1, -0.05) is 32.3 Å². The molecule has 1 heterocycles. The quantitative estimate of drug-likeness (QED) is 0.800. The highest BCUT2D eigenvalue weighted by Crippen LogP contribution is 2.23. The number of hydrogen-bond donors (Lipinski definition) is 2. The maximum Gasteiger partial charge on any atom is 0.128 e. The molecule has 100 valence electrons. The van der Waals surface area contributed by atoms with Crippen LogP contribution in [-0.4, -0.2) is 18.1 Å². The first-order valence-electron chi connectivity index (χ1n) is 7.33. The second-order valence-corrected chi connectivity index (χ2v) is 5.22. The first kappa shape index (κ1) is 13.2. The molecule has 18 heavy (non-hydrogen) atoms. The van der Waals surface area contributed by atoms with Crippen molar-refractivity contribution in [3.05, 3.63) is 18.2 Å². The molecule has 1 saturated carbocycles. The number of aromatic nitrogens is 1. The third-order valence-corrected chi connectivity index (χ3v) is 3.60. The van der Waals surface area contributed by atoms with Gasteiger partial charge in [0.05, 0.1) is 0 Å². The Kier molecular flexibility index (Phi) is 5.31. The highest BCUT2D eigenvalue weighted by Gasteiger charge is 2.12. The standard InChI is InChI=1S/C15H25N3/c1-2-11-16-14-9-6-10-15(18-14)17-12-13-7-4-3-5-8-13/h6,9-10,13H,2-5,7-8,11-12H2,1H3,(H2,16,17,18). The van der Waals surface area contributed by atoms with Crippen LogP contribution < -0.4 is 10.6 Å². The van der Waals surface area contributed by atoms with Crippen molar-refractivity contribution >= 4 is 11.6 Å². The summed E-state index contributed by atoms with van der Waals surface area (Å²) < 4.78 is 0.